The third-order valence-corrected chi connectivity index (χ3v) is 5.08. The van der Waals surface area contributed by atoms with E-state index in [1.165, 1.54) is 11.1 Å². The molecule has 0 radical (unpaired) electrons. The molecule has 1 aromatic carbocycles. The summed E-state index contributed by atoms with van der Waals surface area (Å²) in [7, 11) is 2.23. The molecule has 3 heteroatoms. The average Bonchev–Trinajstić information content (AvgIpc) is 2.46. The molecule has 0 bridgehead atoms. The van der Waals surface area contributed by atoms with Crippen LogP contribution in [0.15, 0.2) is 24.3 Å². The second-order valence-corrected chi connectivity index (χ2v) is 6.75. The fraction of sp³-hybridized carbons (Fsp3) is 0.667. The minimum Gasteiger partial charge on any atom is -0.326 e. The molecule has 1 aliphatic rings. The molecule has 2 rings (SSSR count). The molecule has 0 saturated carbocycles. The Hall–Kier alpha value is -0.900. The molecular weight excluding hydrogens is 258 g/mol. The van der Waals surface area contributed by atoms with E-state index in [0.29, 0.717) is 18.1 Å². The van der Waals surface area contributed by atoms with Gasteiger partial charge in [-0.2, -0.15) is 0 Å². The molecule has 118 valence electrons. The molecule has 1 aliphatic heterocycles. The summed E-state index contributed by atoms with van der Waals surface area (Å²) in [6.07, 6.45) is 1.01. The van der Waals surface area contributed by atoms with Crippen molar-refractivity contribution in [2.75, 3.05) is 20.1 Å². The molecular formula is C18H31N3. The minimum absolute atomic E-state index is 0.190. The molecule has 1 heterocycles. The van der Waals surface area contributed by atoms with E-state index >= 15 is 0 Å². The van der Waals surface area contributed by atoms with Crippen LogP contribution in [0.4, 0.5) is 0 Å². The average molecular weight is 289 g/mol. The summed E-state index contributed by atoms with van der Waals surface area (Å²) in [6, 6.07) is 10.6. The van der Waals surface area contributed by atoms with Crippen LogP contribution in [-0.4, -0.2) is 48.1 Å². The normalized spacial score (nSPS) is 27.5. The van der Waals surface area contributed by atoms with Crippen LogP contribution in [0.5, 0.6) is 0 Å². The third-order valence-electron chi connectivity index (χ3n) is 5.08. The monoisotopic (exact) mass is 289 g/mol. The number of nitrogens with two attached hydrogens (primary N) is 1. The van der Waals surface area contributed by atoms with Gasteiger partial charge in [-0.05, 0) is 39.8 Å². The first-order valence-corrected chi connectivity index (χ1v) is 8.22. The van der Waals surface area contributed by atoms with Crippen molar-refractivity contribution in [1.29, 1.82) is 0 Å². The van der Waals surface area contributed by atoms with E-state index < -0.39 is 0 Å². The van der Waals surface area contributed by atoms with Gasteiger partial charge >= 0.3 is 0 Å². The highest BCUT2D eigenvalue weighted by Gasteiger charge is 2.33. The Kier molecular flexibility index (Phi) is 5.42. The molecule has 4 unspecified atom stereocenters. The van der Waals surface area contributed by atoms with E-state index in [-0.39, 0.29) is 6.04 Å². The Morgan fingerprint density at radius 2 is 1.67 bits per heavy atom. The van der Waals surface area contributed by atoms with Gasteiger partial charge in [0.15, 0.2) is 0 Å². The Labute approximate surface area is 130 Å². The third kappa shape index (κ3) is 3.65. The van der Waals surface area contributed by atoms with Gasteiger partial charge in [-0.3, -0.25) is 9.80 Å². The summed E-state index contributed by atoms with van der Waals surface area (Å²) in [5.41, 5.74) is 9.16. The lowest BCUT2D eigenvalue weighted by Gasteiger charge is -2.47. The van der Waals surface area contributed by atoms with Gasteiger partial charge in [0.25, 0.3) is 0 Å². The number of piperazine rings is 1. The number of aryl methyl sites for hydroxylation is 1. The second kappa shape index (κ2) is 6.91. The summed E-state index contributed by atoms with van der Waals surface area (Å²) < 4.78 is 0. The van der Waals surface area contributed by atoms with E-state index in [9.17, 15) is 0 Å². The lowest BCUT2D eigenvalue weighted by Crippen LogP contribution is -2.57. The molecule has 2 N–H and O–H groups in total. The van der Waals surface area contributed by atoms with Crippen molar-refractivity contribution in [3.63, 3.8) is 0 Å². The molecule has 0 spiro atoms. The van der Waals surface area contributed by atoms with Crippen molar-refractivity contribution in [3.8, 4) is 0 Å². The van der Waals surface area contributed by atoms with Crippen molar-refractivity contribution in [2.45, 2.75) is 58.3 Å². The molecule has 1 fully saturated rings. The maximum Gasteiger partial charge on any atom is 0.0500 e. The standard InChI is InChI=1S/C18H31N3/c1-6-17(19)18(16-9-7-13(2)8-10-16)21-11-14(3)20(5)15(4)12-21/h7-10,14-15,17-18H,6,11-12,19H2,1-5H3. The lowest BCUT2D eigenvalue weighted by molar-refractivity contribution is 0.0254. The predicted octanol–water partition coefficient (Wildman–Crippen LogP) is 2.80. The fourth-order valence-corrected chi connectivity index (χ4v) is 3.39. The Morgan fingerprint density at radius 3 is 2.14 bits per heavy atom. The largest absolute Gasteiger partial charge is 0.326 e. The van der Waals surface area contributed by atoms with Crippen LogP contribution in [0.1, 0.15) is 44.4 Å². The number of likely N-dealkylation sites (N-methyl/N-ethyl adjacent to an activating group) is 1. The number of hydrogen-bond donors (Lipinski definition) is 1. The highest BCUT2D eigenvalue weighted by molar-refractivity contribution is 5.25. The van der Waals surface area contributed by atoms with Crippen LogP contribution >= 0.6 is 0 Å². The Balaban J connectivity index is 2.26. The number of nitrogens with zero attached hydrogens (tertiary/aromatic N) is 2. The fourth-order valence-electron chi connectivity index (χ4n) is 3.39. The van der Waals surface area contributed by atoms with Gasteiger partial charge in [0.2, 0.25) is 0 Å². The van der Waals surface area contributed by atoms with Gasteiger partial charge in [-0.25, -0.2) is 0 Å². The van der Waals surface area contributed by atoms with E-state index in [0.717, 1.165) is 19.5 Å². The molecule has 3 nitrogen and oxygen atoms in total. The molecule has 0 amide bonds. The second-order valence-electron chi connectivity index (χ2n) is 6.75. The predicted molar refractivity (Wildman–Crippen MR) is 90.4 cm³/mol. The summed E-state index contributed by atoms with van der Waals surface area (Å²) in [5.74, 6) is 0. The van der Waals surface area contributed by atoms with Crippen LogP contribution in [-0.2, 0) is 0 Å². The van der Waals surface area contributed by atoms with Gasteiger partial charge in [-0.15, -0.1) is 0 Å². The smallest absolute Gasteiger partial charge is 0.0500 e. The van der Waals surface area contributed by atoms with Crippen LogP contribution in [0.25, 0.3) is 0 Å². The summed E-state index contributed by atoms with van der Waals surface area (Å²) >= 11 is 0. The SMILES string of the molecule is CCC(N)C(c1ccc(C)cc1)N1CC(C)N(C)C(C)C1. The van der Waals surface area contributed by atoms with Gasteiger partial charge in [-0.1, -0.05) is 36.8 Å². The van der Waals surface area contributed by atoms with Gasteiger partial charge in [0.1, 0.15) is 0 Å². The Bertz CT molecular complexity index is 430. The zero-order valence-corrected chi connectivity index (χ0v) is 14.2. The number of benzene rings is 1. The maximum absolute atomic E-state index is 6.49. The molecule has 1 aromatic rings. The van der Waals surface area contributed by atoms with E-state index in [1.54, 1.807) is 0 Å². The molecule has 21 heavy (non-hydrogen) atoms. The first kappa shape index (κ1) is 16.5. The summed E-state index contributed by atoms with van der Waals surface area (Å²) in [6.45, 7) is 11.1. The van der Waals surface area contributed by atoms with Crippen molar-refractivity contribution in [2.24, 2.45) is 5.73 Å². The number of hydrogen-bond acceptors (Lipinski definition) is 3. The van der Waals surface area contributed by atoms with Crippen molar-refractivity contribution >= 4 is 0 Å². The highest BCUT2D eigenvalue weighted by atomic mass is 15.3. The molecule has 0 aliphatic carbocycles. The summed E-state index contributed by atoms with van der Waals surface area (Å²) in [4.78, 5) is 5.06. The van der Waals surface area contributed by atoms with E-state index in [4.69, 9.17) is 5.73 Å². The van der Waals surface area contributed by atoms with Gasteiger partial charge in [0.05, 0.1) is 0 Å². The van der Waals surface area contributed by atoms with Gasteiger partial charge < -0.3 is 5.73 Å². The van der Waals surface area contributed by atoms with Crippen LogP contribution in [0.2, 0.25) is 0 Å². The first-order valence-electron chi connectivity index (χ1n) is 8.22. The number of rotatable bonds is 4. The van der Waals surface area contributed by atoms with Gasteiger partial charge in [0, 0.05) is 37.3 Å². The zero-order chi connectivity index (χ0) is 15.6. The zero-order valence-electron chi connectivity index (χ0n) is 14.2. The molecule has 4 atom stereocenters. The lowest BCUT2D eigenvalue weighted by atomic mass is 9.93. The Morgan fingerprint density at radius 1 is 1.14 bits per heavy atom. The van der Waals surface area contributed by atoms with Crippen molar-refractivity contribution in [1.82, 2.24) is 9.80 Å². The maximum atomic E-state index is 6.49. The van der Waals surface area contributed by atoms with Crippen LogP contribution in [0.3, 0.4) is 0 Å². The molecule has 1 saturated heterocycles. The topological polar surface area (TPSA) is 32.5 Å². The summed E-state index contributed by atoms with van der Waals surface area (Å²) in [5, 5.41) is 0. The van der Waals surface area contributed by atoms with E-state index in [1.807, 2.05) is 0 Å². The quantitative estimate of drug-likeness (QED) is 0.925. The highest BCUT2D eigenvalue weighted by Crippen LogP contribution is 2.29. The van der Waals surface area contributed by atoms with Crippen molar-refractivity contribution < 1.29 is 0 Å². The van der Waals surface area contributed by atoms with Crippen LogP contribution in [0, 0.1) is 6.92 Å². The molecule has 0 aromatic heterocycles. The first-order chi connectivity index (χ1) is 9.93. The van der Waals surface area contributed by atoms with E-state index in [2.05, 4.69) is 68.8 Å². The van der Waals surface area contributed by atoms with Crippen molar-refractivity contribution in [3.05, 3.63) is 35.4 Å². The minimum atomic E-state index is 0.190. The van der Waals surface area contributed by atoms with Crippen LogP contribution < -0.4 is 5.73 Å².